The Balaban J connectivity index is 0.000000360. The van der Waals surface area contributed by atoms with Gasteiger partial charge in [0.15, 0.2) is 0 Å². The molecule has 18 heavy (non-hydrogen) atoms. The highest BCUT2D eigenvalue weighted by Gasteiger charge is 2.28. The van der Waals surface area contributed by atoms with Crippen LogP contribution in [0.3, 0.4) is 0 Å². The maximum Gasteiger partial charge on any atom is 0.430 e. The number of rotatable bonds is 2. The molecule has 0 saturated carbocycles. The lowest BCUT2D eigenvalue weighted by atomic mass is 10.1. The van der Waals surface area contributed by atoms with Crippen molar-refractivity contribution in [2.24, 2.45) is 0 Å². The molecule has 0 amide bonds. The summed E-state index contributed by atoms with van der Waals surface area (Å²) in [5.41, 5.74) is 4.84. The van der Waals surface area contributed by atoms with E-state index in [2.05, 4.69) is 5.73 Å². The first-order chi connectivity index (χ1) is 8.18. The number of carboxylic acid groups (broad SMARTS) is 1. The van der Waals surface area contributed by atoms with Gasteiger partial charge in [-0.3, -0.25) is 0 Å². The SMILES string of the molecule is O=C([O-])C(F)(F)F.[NH3+]CCc1ccc(O)c(Cl)c1. The number of phenolic OH excluding ortho intramolecular Hbond substituents is 1. The first-order valence-electron chi connectivity index (χ1n) is 4.73. The molecule has 0 fully saturated rings. The van der Waals surface area contributed by atoms with Gasteiger partial charge in [-0.25, -0.2) is 0 Å². The van der Waals surface area contributed by atoms with Crippen LogP contribution in [0.5, 0.6) is 5.75 Å². The number of aromatic hydroxyl groups is 1. The van der Waals surface area contributed by atoms with Gasteiger partial charge in [0.1, 0.15) is 11.7 Å². The van der Waals surface area contributed by atoms with E-state index < -0.39 is 12.1 Å². The quantitative estimate of drug-likeness (QED) is 0.809. The Morgan fingerprint density at radius 3 is 2.28 bits per heavy atom. The van der Waals surface area contributed by atoms with E-state index in [1.54, 1.807) is 12.1 Å². The second-order valence-electron chi connectivity index (χ2n) is 3.17. The minimum absolute atomic E-state index is 0.138. The number of halogens is 4. The zero-order chi connectivity index (χ0) is 14.3. The lowest BCUT2D eigenvalue weighted by Crippen LogP contribution is -2.51. The Kier molecular flexibility index (Phi) is 6.50. The fraction of sp³-hybridized carbons (Fsp3) is 0.300. The van der Waals surface area contributed by atoms with Crippen LogP contribution in [0.25, 0.3) is 0 Å². The Bertz CT molecular complexity index is 410. The van der Waals surface area contributed by atoms with Gasteiger partial charge in [0, 0.05) is 6.42 Å². The second-order valence-corrected chi connectivity index (χ2v) is 3.58. The van der Waals surface area contributed by atoms with E-state index in [0.29, 0.717) is 5.02 Å². The van der Waals surface area contributed by atoms with Crippen molar-refractivity contribution in [1.82, 2.24) is 0 Å². The highest BCUT2D eigenvalue weighted by Crippen LogP contribution is 2.23. The summed E-state index contributed by atoms with van der Waals surface area (Å²) in [5.74, 6) is -2.87. The highest BCUT2D eigenvalue weighted by atomic mass is 35.5. The molecule has 0 bridgehead atoms. The molecular weight excluding hydrogens is 275 g/mol. The van der Waals surface area contributed by atoms with Crippen molar-refractivity contribution in [2.45, 2.75) is 12.6 Å². The van der Waals surface area contributed by atoms with Crippen LogP contribution in [-0.4, -0.2) is 23.8 Å². The van der Waals surface area contributed by atoms with E-state index in [4.69, 9.17) is 26.6 Å². The zero-order valence-corrected chi connectivity index (χ0v) is 9.88. The summed E-state index contributed by atoms with van der Waals surface area (Å²) in [6.45, 7) is 0.848. The van der Waals surface area contributed by atoms with Crippen LogP contribution in [0.2, 0.25) is 5.02 Å². The van der Waals surface area contributed by atoms with E-state index in [1.165, 1.54) is 0 Å². The molecule has 1 aromatic rings. The lowest BCUT2D eigenvalue weighted by molar-refractivity contribution is -0.366. The van der Waals surface area contributed by atoms with Gasteiger partial charge < -0.3 is 20.7 Å². The number of aliphatic carboxylic acids is 1. The minimum atomic E-state index is -5.19. The zero-order valence-electron chi connectivity index (χ0n) is 9.13. The number of alkyl halides is 3. The Hall–Kier alpha value is -1.47. The molecule has 0 saturated heterocycles. The molecule has 0 radical (unpaired) electrons. The number of quaternary nitrogens is 1. The van der Waals surface area contributed by atoms with Gasteiger partial charge in [-0.1, -0.05) is 17.7 Å². The van der Waals surface area contributed by atoms with Crippen LogP contribution in [0.15, 0.2) is 18.2 Å². The van der Waals surface area contributed by atoms with Crippen molar-refractivity contribution < 1.29 is 33.9 Å². The average Bonchev–Trinajstić information content (AvgIpc) is 2.23. The van der Waals surface area contributed by atoms with Crippen LogP contribution >= 0.6 is 11.6 Å². The van der Waals surface area contributed by atoms with Crippen LogP contribution < -0.4 is 10.8 Å². The maximum atomic E-state index is 10.5. The topological polar surface area (TPSA) is 88.0 Å². The summed E-state index contributed by atoms with van der Waals surface area (Å²) in [6, 6.07) is 5.22. The maximum absolute atomic E-state index is 10.5. The molecule has 0 aromatic heterocycles. The molecule has 0 unspecified atom stereocenters. The van der Waals surface area contributed by atoms with Crippen LogP contribution in [0, 0.1) is 0 Å². The van der Waals surface area contributed by atoms with E-state index in [-0.39, 0.29) is 5.75 Å². The number of carboxylic acids is 1. The normalized spacial score (nSPS) is 10.5. The monoisotopic (exact) mass is 285 g/mol. The molecule has 0 aliphatic heterocycles. The van der Waals surface area contributed by atoms with E-state index in [9.17, 15) is 13.2 Å². The van der Waals surface area contributed by atoms with Gasteiger partial charge >= 0.3 is 6.18 Å². The number of carbonyl (C=O) groups is 1. The number of hydrogen-bond donors (Lipinski definition) is 2. The minimum Gasteiger partial charge on any atom is -0.542 e. The molecule has 8 heteroatoms. The standard InChI is InChI=1S/C8H10ClNO.C2HF3O2/c9-7-5-6(3-4-10)1-2-8(7)11;3-2(4,5)1(6)7/h1-2,5,11H,3-4,10H2;(H,6,7). The van der Waals surface area contributed by atoms with E-state index in [0.717, 1.165) is 18.5 Å². The van der Waals surface area contributed by atoms with Gasteiger partial charge in [-0.2, -0.15) is 13.2 Å². The average molecular weight is 286 g/mol. The summed E-state index contributed by atoms with van der Waals surface area (Å²) in [4.78, 5) is 8.78. The number of carbonyl (C=O) groups excluding carboxylic acids is 1. The summed E-state index contributed by atoms with van der Waals surface area (Å²) in [6.07, 6.45) is -4.29. The van der Waals surface area contributed by atoms with Crippen molar-refractivity contribution in [1.29, 1.82) is 0 Å². The van der Waals surface area contributed by atoms with Crippen molar-refractivity contribution in [3.63, 3.8) is 0 Å². The number of phenols is 1. The van der Waals surface area contributed by atoms with Gasteiger partial charge in [0.25, 0.3) is 0 Å². The Labute approximate surface area is 106 Å². The lowest BCUT2D eigenvalue weighted by Gasteiger charge is -2.03. The molecule has 1 rings (SSSR count). The van der Waals surface area contributed by atoms with Gasteiger partial charge in [-0.05, 0) is 17.7 Å². The first-order valence-corrected chi connectivity index (χ1v) is 5.11. The van der Waals surface area contributed by atoms with E-state index >= 15 is 0 Å². The summed E-state index contributed by atoms with van der Waals surface area (Å²) in [7, 11) is 0. The fourth-order valence-corrected chi connectivity index (χ4v) is 1.11. The fourth-order valence-electron chi connectivity index (χ4n) is 0.910. The van der Waals surface area contributed by atoms with Gasteiger partial charge in [0.05, 0.1) is 11.6 Å². The molecule has 1 aromatic carbocycles. The molecular formula is C10H11ClF3NO3. The summed E-state index contributed by atoms with van der Waals surface area (Å²) < 4.78 is 31.5. The Morgan fingerprint density at radius 2 is 1.94 bits per heavy atom. The van der Waals surface area contributed by atoms with Crippen LogP contribution in [0.4, 0.5) is 13.2 Å². The smallest absolute Gasteiger partial charge is 0.430 e. The molecule has 4 nitrogen and oxygen atoms in total. The molecule has 0 aliphatic rings. The highest BCUT2D eigenvalue weighted by molar-refractivity contribution is 6.32. The third-order valence-corrected chi connectivity index (χ3v) is 2.01. The third kappa shape index (κ3) is 6.31. The first kappa shape index (κ1) is 16.5. The predicted molar refractivity (Wildman–Crippen MR) is 55.6 cm³/mol. The largest absolute Gasteiger partial charge is 0.542 e. The number of hydrogen-bond acceptors (Lipinski definition) is 3. The van der Waals surface area contributed by atoms with Crippen molar-refractivity contribution in [3.05, 3.63) is 28.8 Å². The van der Waals surface area contributed by atoms with Crippen LogP contribution in [0.1, 0.15) is 5.56 Å². The summed E-state index contributed by atoms with van der Waals surface area (Å²) in [5, 5.41) is 18.3. The van der Waals surface area contributed by atoms with E-state index in [1.807, 2.05) is 6.07 Å². The molecule has 0 heterocycles. The molecule has 102 valence electrons. The molecule has 0 aliphatic carbocycles. The molecule has 0 spiro atoms. The molecule has 4 N–H and O–H groups in total. The van der Waals surface area contributed by atoms with Crippen molar-refractivity contribution in [3.8, 4) is 5.75 Å². The van der Waals surface area contributed by atoms with Crippen LogP contribution in [-0.2, 0) is 11.2 Å². The Morgan fingerprint density at radius 1 is 1.44 bits per heavy atom. The molecule has 0 atom stereocenters. The predicted octanol–water partition coefficient (Wildman–Crippen LogP) is 0.129. The third-order valence-electron chi connectivity index (χ3n) is 1.71. The second kappa shape index (κ2) is 7.07. The summed E-state index contributed by atoms with van der Waals surface area (Å²) >= 11 is 5.68. The van der Waals surface area contributed by atoms with Gasteiger partial charge in [-0.15, -0.1) is 0 Å². The van der Waals surface area contributed by atoms with Crippen molar-refractivity contribution >= 4 is 17.6 Å². The van der Waals surface area contributed by atoms with Gasteiger partial charge in [0.2, 0.25) is 0 Å². The van der Waals surface area contributed by atoms with Crippen molar-refractivity contribution in [2.75, 3.05) is 6.54 Å². The number of benzene rings is 1.